The second-order valence-electron chi connectivity index (χ2n) is 4.52. The largest absolute Gasteiger partial charge is 0.383 e. The standard InChI is InChI=1S/C13H18N4O2/c1-3-13(15,4-2)9-16-11-5-6-12(17(18)19)10(7-11)8-14/h5-7,16H,3-4,9,15H2,1-2H3. The third kappa shape index (κ3) is 3.66. The van der Waals surface area contributed by atoms with Crippen LogP contribution in [0.2, 0.25) is 0 Å². The van der Waals surface area contributed by atoms with E-state index < -0.39 is 4.92 Å². The van der Waals surface area contributed by atoms with Crippen molar-refractivity contribution in [2.45, 2.75) is 32.2 Å². The number of hydrogen-bond acceptors (Lipinski definition) is 5. The van der Waals surface area contributed by atoms with Crippen LogP contribution in [-0.4, -0.2) is 17.0 Å². The summed E-state index contributed by atoms with van der Waals surface area (Å²) in [5.74, 6) is 0. The van der Waals surface area contributed by atoms with E-state index in [9.17, 15) is 10.1 Å². The molecule has 1 rings (SSSR count). The predicted molar refractivity (Wildman–Crippen MR) is 73.8 cm³/mol. The molecule has 0 aromatic heterocycles. The zero-order valence-electron chi connectivity index (χ0n) is 11.1. The zero-order chi connectivity index (χ0) is 14.5. The molecule has 1 aromatic rings. The number of nitriles is 1. The van der Waals surface area contributed by atoms with E-state index in [1.54, 1.807) is 6.07 Å². The van der Waals surface area contributed by atoms with Gasteiger partial charge in [-0.1, -0.05) is 13.8 Å². The molecular formula is C13H18N4O2. The number of nitro groups is 1. The number of nitrogens with zero attached hydrogens (tertiary/aromatic N) is 2. The second-order valence-corrected chi connectivity index (χ2v) is 4.52. The van der Waals surface area contributed by atoms with Gasteiger partial charge in [-0.25, -0.2) is 0 Å². The molecule has 0 saturated heterocycles. The molecule has 0 aliphatic heterocycles. The topological polar surface area (TPSA) is 105 Å². The quantitative estimate of drug-likeness (QED) is 0.605. The summed E-state index contributed by atoms with van der Waals surface area (Å²) in [7, 11) is 0. The fourth-order valence-corrected chi connectivity index (χ4v) is 1.67. The fraction of sp³-hybridized carbons (Fsp3) is 0.462. The number of nitrogens with one attached hydrogen (secondary N) is 1. The molecule has 1 aromatic carbocycles. The van der Waals surface area contributed by atoms with Crippen LogP contribution in [-0.2, 0) is 0 Å². The Morgan fingerprint density at radius 3 is 2.58 bits per heavy atom. The van der Waals surface area contributed by atoms with E-state index in [2.05, 4.69) is 5.32 Å². The van der Waals surface area contributed by atoms with Crippen LogP contribution in [0.5, 0.6) is 0 Å². The van der Waals surface area contributed by atoms with Gasteiger partial charge in [-0.05, 0) is 25.0 Å². The van der Waals surface area contributed by atoms with Gasteiger partial charge in [0.05, 0.1) is 4.92 Å². The monoisotopic (exact) mass is 262 g/mol. The Morgan fingerprint density at radius 1 is 1.47 bits per heavy atom. The molecule has 19 heavy (non-hydrogen) atoms. The van der Waals surface area contributed by atoms with E-state index in [1.165, 1.54) is 12.1 Å². The number of nitrogens with two attached hydrogens (primary N) is 1. The zero-order valence-corrected chi connectivity index (χ0v) is 11.1. The van der Waals surface area contributed by atoms with Gasteiger partial charge < -0.3 is 11.1 Å². The van der Waals surface area contributed by atoms with Gasteiger partial charge in [0.25, 0.3) is 5.69 Å². The second kappa shape index (κ2) is 6.16. The van der Waals surface area contributed by atoms with Crippen LogP contribution >= 0.6 is 0 Å². The van der Waals surface area contributed by atoms with Crippen LogP contribution in [0.4, 0.5) is 11.4 Å². The Hall–Kier alpha value is -2.13. The molecule has 0 spiro atoms. The summed E-state index contributed by atoms with van der Waals surface area (Å²) in [4.78, 5) is 10.2. The molecule has 0 saturated carbocycles. The van der Waals surface area contributed by atoms with Crippen LogP contribution in [0.25, 0.3) is 0 Å². The molecule has 0 aliphatic carbocycles. The minimum Gasteiger partial charge on any atom is -0.383 e. The number of anilines is 1. The van der Waals surface area contributed by atoms with E-state index in [0.29, 0.717) is 12.2 Å². The van der Waals surface area contributed by atoms with Crippen molar-refractivity contribution in [2.75, 3.05) is 11.9 Å². The van der Waals surface area contributed by atoms with E-state index in [-0.39, 0.29) is 16.8 Å². The van der Waals surface area contributed by atoms with Crippen molar-refractivity contribution in [2.24, 2.45) is 5.73 Å². The van der Waals surface area contributed by atoms with E-state index in [1.807, 2.05) is 19.9 Å². The lowest BCUT2D eigenvalue weighted by atomic mass is 9.94. The van der Waals surface area contributed by atoms with Gasteiger partial charge >= 0.3 is 0 Å². The Kier molecular flexibility index (Phi) is 4.84. The smallest absolute Gasteiger partial charge is 0.287 e. The Balaban J connectivity index is 2.87. The van der Waals surface area contributed by atoms with E-state index in [0.717, 1.165) is 12.8 Å². The van der Waals surface area contributed by atoms with Crippen molar-refractivity contribution in [1.29, 1.82) is 5.26 Å². The molecule has 0 unspecified atom stereocenters. The summed E-state index contributed by atoms with van der Waals surface area (Å²) in [5, 5.41) is 22.8. The van der Waals surface area contributed by atoms with Gasteiger partial charge in [0.1, 0.15) is 11.6 Å². The summed E-state index contributed by atoms with van der Waals surface area (Å²) in [6, 6.07) is 6.22. The summed E-state index contributed by atoms with van der Waals surface area (Å²) >= 11 is 0. The van der Waals surface area contributed by atoms with Crippen LogP contribution < -0.4 is 11.1 Å². The van der Waals surface area contributed by atoms with Crippen LogP contribution in [0, 0.1) is 21.4 Å². The predicted octanol–water partition coefficient (Wildman–Crippen LogP) is 2.40. The molecule has 0 heterocycles. The minimum atomic E-state index is -0.562. The van der Waals surface area contributed by atoms with Gasteiger partial charge in [0.2, 0.25) is 0 Å². The fourth-order valence-electron chi connectivity index (χ4n) is 1.67. The highest BCUT2D eigenvalue weighted by atomic mass is 16.6. The highest BCUT2D eigenvalue weighted by Gasteiger charge is 2.20. The van der Waals surface area contributed by atoms with Crippen LogP contribution in [0.1, 0.15) is 32.3 Å². The molecule has 102 valence electrons. The van der Waals surface area contributed by atoms with E-state index in [4.69, 9.17) is 11.0 Å². The molecule has 0 atom stereocenters. The van der Waals surface area contributed by atoms with Gasteiger partial charge in [0, 0.05) is 23.8 Å². The highest BCUT2D eigenvalue weighted by molar-refractivity contribution is 5.58. The van der Waals surface area contributed by atoms with Gasteiger partial charge in [-0.3, -0.25) is 10.1 Å². The first-order chi connectivity index (χ1) is 8.95. The highest BCUT2D eigenvalue weighted by Crippen LogP contribution is 2.22. The maximum Gasteiger partial charge on any atom is 0.287 e. The molecule has 0 aliphatic rings. The van der Waals surface area contributed by atoms with Crippen molar-refractivity contribution in [3.05, 3.63) is 33.9 Å². The third-order valence-corrected chi connectivity index (χ3v) is 3.37. The Labute approximate surface area is 112 Å². The van der Waals surface area contributed by atoms with Crippen molar-refractivity contribution < 1.29 is 4.92 Å². The van der Waals surface area contributed by atoms with Crippen molar-refractivity contribution in [3.8, 4) is 6.07 Å². The molecule has 0 amide bonds. The van der Waals surface area contributed by atoms with E-state index >= 15 is 0 Å². The lowest BCUT2D eigenvalue weighted by molar-refractivity contribution is -0.385. The summed E-state index contributed by atoms with van der Waals surface area (Å²) in [6.45, 7) is 4.59. The molecular weight excluding hydrogens is 244 g/mol. The summed E-state index contributed by atoms with van der Waals surface area (Å²) in [6.07, 6.45) is 1.66. The van der Waals surface area contributed by atoms with Gasteiger partial charge in [0.15, 0.2) is 0 Å². The first-order valence-electron chi connectivity index (χ1n) is 6.17. The molecule has 6 nitrogen and oxygen atoms in total. The molecule has 0 bridgehead atoms. The summed E-state index contributed by atoms with van der Waals surface area (Å²) < 4.78 is 0. The molecule has 0 fully saturated rings. The lowest BCUT2D eigenvalue weighted by Gasteiger charge is -2.27. The van der Waals surface area contributed by atoms with Crippen molar-refractivity contribution >= 4 is 11.4 Å². The van der Waals surface area contributed by atoms with Gasteiger partial charge in [-0.15, -0.1) is 0 Å². The number of nitro benzene ring substituents is 1. The lowest BCUT2D eigenvalue weighted by Crippen LogP contribution is -2.45. The third-order valence-electron chi connectivity index (χ3n) is 3.37. The minimum absolute atomic E-state index is 0.0469. The Bertz CT molecular complexity index is 504. The normalized spacial score (nSPS) is 10.8. The maximum atomic E-state index is 10.7. The first kappa shape index (κ1) is 14.9. The first-order valence-corrected chi connectivity index (χ1v) is 6.17. The molecule has 6 heteroatoms. The SMILES string of the molecule is CCC(N)(CC)CNc1ccc([N+](=O)[O-])c(C#N)c1. The molecule has 0 radical (unpaired) electrons. The van der Waals surface area contributed by atoms with Gasteiger partial charge in [-0.2, -0.15) is 5.26 Å². The van der Waals surface area contributed by atoms with Crippen molar-refractivity contribution in [3.63, 3.8) is 0 Å². The van der Waals surface area contributed by atoms with Crippen molar-refractivity contribution in [1.82, 2.24) is 0 Å². The number of benzene rings is 1. The van der Waals surface area contributed by atoms with Crippen LogP contribution in [0.15, 0.2) is 18.2 Å². The Morgan fingerprint density at radius 2 is 2.11 bits per heavy atom. The number of rotatable bonds is 6. The summed E-state index contributed by atoms with van der Waals surface area (Å²) in [5.41, 5.74) is 6.38. The average Bonchev–Trinajstić information content (AvgIpc) is 2.44. The molecule has 3 N–H and O–H groups in total. The number of hydrogen-bond donors (Lipinski definition) is 2. The maximum absolute atomic E-state index is 10.7. The van der Waals surface area contributed by atoms with Crippen LogP contribution in [0.3, 0.4) is 0 Å². The average molecular weight is 262 g/mol.